The minimum absolute atomic E-state index is 0.00362. The Kier molecular flexibility index (Phi) is 5.95. The van der Waals surface area contributed by atoms with Crippen molar-refractivity contribution in [2.45, 2.75) is 32.4 Å². The highest BCUT2D eigenvalue weighted by Crippen LogP contribution is 2.18. The monoisotopic (exact) mass is 303 g/mol. The van der Waals surface area contributed by atoms with Gasteiger partial charge >= 0.3 is 0 Å². The lowest BCUT2D eigenvalue weighted by molar-refractivity contribution is -0.133. The quantitative estimate of drug-likeness (QED) is 0.786. The molecule has 0 aliphatic heterocycles. The van der Waals surface area contributed by atoms with E-state index in [1.807, 2.05) is 42.2 Å². The molecule has 0 unspecified atom stereocenters. The molecule has 120 valence electrons. The Bertz CT molecular complexity index is 500. The molecule has 1 fully saturated rings. The van der Waals surface area contributed by atoms with E-state index in [-0.39, 0.29) is 24.9 Å². The third-order valence-electron chi connectivity index (χ3n) is 3.71. The molecule has 1 aromatic carbocycles. The Balaban J connectivity index is 1.78. The Morgan fingerprint density at radius 3 is 2.45 bits per heavy atom. The number of likely N-dealkylation sites (N-methyl/N-ethyl adjacent to an activating group) is 2. The lowest BCUT2D eigenvalue weighted by atomic mass is 10.2. The summed E-state index contributed by atoms with van der Waals surface area (Å²) in [6, 6.07) is 10.3. The number of nitrogens with zero attached hydrogens (tertiary/aromatic N) is 2. The Morgan fingerprint density at radius 2 is 1.86 bits per heavy atom. The van der Waals surface area contributed by atoms with Gasteiger partial charge in [0, 0.05) is 19.1 Å². The van der Waals surface area contributed by atoms with Gasteiger partial charge in [-0.05, 0) is 32.4 Å². The second-order valence-corrected chi connectivity index (χ2v) is 5.91. The van der Waals surface area contributed by atoms with Crippen LogP contribution in [0.25, 0.3) is 0 Å². The van der Waals surface area contributed by atoms with Crippen LogP contribution in [0.3, 0.4) is 0 Å². The molecule has 5 heteroatoms. The highest BCUT2D eigenvalue weighted by molar-refractivity contribution is 5.81. The van der Waals surface area contributed by atoms with Crippen molar-refractivity contribution in [1.29, 1.82) is 0 Å². The summed E-state index contributed by atoms with van der Waals surface area (Å²) >= 11 is 0. The highest BCUT2D eigenvalue weighted by atomic mass is 16.2. The maximum absolute atomic E-state index is 12.4. The van der Waals surface area contributed by atoms with Crippen LogP contribution in [-0.4, -0.2) is 54.3 Å². The Hall–Kier alpha value is -1.88. The molecule has 1 saturated carbocycles. The molecule has 0 radical (unpaired) electrons. The number of hydrogen-bond acceptors (Lipinski definition) is 3. The van der Waals surface area contributed by atoms with Gasteiger partial charge in [0.15, 0.2) is 0 Å². The molecular formula is C17H25N3O2. The molecule has 0 aromatic heterocycles. The standard InChI is InChI=1S/C17H25N3O2/c1-3-20(11-14-7-5-4-6-8-14)17(22)13-19(2)12-16(21)18-15-9-10-15/h4-8,15H,3,9-13H2,1-2H3,(H,18,21). The van der Waals surface area contributed by atoms with Crippen LogP contribution >= 0.6 is 0 Å². The highest BCUT2D eigenvalue weighted by Gasteiger charge is 2.24. The van der Waals surface area contributed by atoms with E-state index in [2.05, 4.69) is 5.32 Å². The molecule has 1 aliphatic carbocycles. The van der Waals surface area contributed by atoms with Crippen LogP contribution in [-0.2, 0) is 16.1 Å². The van der Waals surface area contributed by atoms with Crippen molar-refractivity contribution in [3.05, 3.63) is 35.9 Å². The maximum atomic E-state index is 12.4. The van der Waals surface area contributed by atoms with Gasteiger partial charge in [0.2, 0.25) is 11.8 Å². The second-order valence-electron chi connectivity index (χ2n) is 5.91. The summed E-state index contributed by atoms with van der Waals surface area (Å²) in [7, 11) is 1.81. The van der Waals surface area contributed by atoms with Crippen molar-refractivity contribution < 1.29 is 9.59 Å². The molecule has 2 rings (SSSR count). The topological polar surface area (TPSA) is 52.7 Å². The third kappa shape index (κ3) is 5.48. The van der Waals surface area contributed by atoms with E-state index in [4.69, 9.17) is 0 Å². The summed E-state index contributed by atoms with van der Waals surface area (Å²) in [5.74, 6) is 0.0528. The van der Waals surface area contributed by atoms with Crippen molar-refractivity contribution in [3.8, 4) is 0 Å². The summed E-state index contributed by atoms with van der Waals surface area (Å²) < 4.78 is 0. The zero-order valence-corrected chi connectivity index (χ0v) is 13.4. The average Bonchev–Trinajstić information content (AvgIpc) is 3.29. The fourth-order valence-corrected chi connectivity index (χ4v) is 2.31. The summed E-state index contributed by atoms with van der Waals surface area (Å²) in [5.41, 5.74) is 1.12. The molecule has 2 amide bonds. The minimum atomic E-state index is 0.00362. The normalized spacial score (nSPS) is 14.0. The van der Waals surface area contributed by atoms with Crippen LogP contribution < -0.4 is 5.32 Å². The van der Waals surface area contributed by atoms with Crippen LogP contribution in [0, 0.1) is 0 Å². The molecule has 0 spiro atoms. The summed E-state index contributed by atoms with van der Waals surface area (Å²) in [5, 5.41) is 2.94. The maximum Gasteiger partial charge on any atom is 0.237 e. The third-order valence-corrected chi connectivity index (χ3v) is 3.71. The number of carbonyl (C=O) groups excluding carboxylic acids is 2. The summed E-state index contributed by atoms with van der Waals surface area (Å²) in [6.07, 6.45) is 2.16. The summed E-state index contributed by atoms with van der Waals surface area (Å²) in [6.45, 7) is 3.78. The Morgan fingerprint density at radius 1 is 1.18 bits per heavy atom. The molecule has 22 heavy (non-hydrogen) atoms. The van der Waals surface area contributed by atoms with Gasteiger partial charge in [-0.1, -0.05) is 30.3 Å². The van der Waals surface area contributed by atoms with Crippen molar-refractivity contribution in [1.82, 2.24) is 15.1 Å². The van der Waals surface area contributed by atoms with Crippen LogP contribution in [0.5, 0.6) is 0 Å². The molecule has 0 heterocycles. The van der Waals surface area contributed by atoms with Crippen LogP contribution in [0.1, 0.15) is 25.3 Å². The first-order valence-corrected chi connectivity index (χ1v) is 7.88. The number of benzene rings is 1. The average molecular weight is 303 g/mol. The lowest BCUT2D eigenvalue weighted by Crippen LogP contribution is -2.42. The fraction of sp³-hybridized carbons (Fsp3) is 0.529. The van der Waals surface area contributed by atoms with Gasteiger partial charge in [0.25, 0.3) is 0 Å². The van der Waals surface area contributed by atoms with Crippen molar-refractivity contribution in [2.75, 3.05) is 26.7 Å². The van der Waals surface area contributed by atoms with Crippen LogP contribution in [0.4, 0.5) is 0 Å². The van der Waals surface area contributed by atoms with Crippen LogP contribution in [0.2, 0.25) is 0 Å². The predicted octanol–water partition coefficient (Wildman–Crippen LogP) is 1.25. The van der Waals surface area contributed by atoms with E-state index in [0.29, 0.717) is 19.1 Å². The number of rotatable bonds is 8. The molecular weight excluding hydrogens is 278 g/mol. The van der Waals surface area contributed by atoms with Crippen molar-refractivity contribution in [2.24, 2.45) is 0 Å². The molecule has 0 bridgehead atoms. The zero-order valence-electron chi connectivity index (χ0n) is 13.4. The van der Waals surface area contributed by atoms with Gasteiger partial charge in [0.1, 0.15) is 0 Å². The first kappa shape index (κ1) is 16.5. The van der Waals surface area contributed by atoms with Crippen molar-refractivity contribution >= 4 is 11.8 Å². The van der Waals surface area contributed by atoms with Gasteiger partial charge in [-0.15, -0.1) is 0 Å². The SMILES string of the molecule is CCN(Cc1ccccc1)C(=O)CN(C)CC(=O)NC1CC1. The van der Waals surface area contributed by atoms with Crippen LogP contribution in [0.15, 0.2) is 30.3 Å². The second kappa shape index (κ2) is 7.94. The number of nitrogens with one attached hydrogen (secondary N) is 1. The predicted molar refractivity (Wildman–Crippen MR) is 86.2 cm³/mol. The first-order valence-electron chi connectivity index (χ1n) is 7.88. The molecule has 0 atom stereocenters. The number of carbonyl (C=O) groups is 2. The Labute approximate surface area is 132 Å². The lowest BCUT2D eigenvalue weighted by Gasteiger charge is -2.24. The molecule has 1 aliphatic rings. The van der Waals surface area contributed by atoms with E-state index < -0.39 is 0 Å². The minimum Gasteiger partial charge on any atom is -0.352 e. The molecule has 1 aromatic rings. The zero-order chi connectivity index (χ0) is 15.9. The van der Waals surface area contributed by atoms with E-state index in [1.165, 1.54) is 0 Å². The van der Waals surface area contributed by atoms with Gasteiger partial charge in [-0.2, -0.15) is 0 Å². The molecule has 5 nitrogen and oxygen atoms in total. The van der Waals surface area contributed by atoms with Gasteiger partial charge < -0.3 is 10.2 Å². The first-order chi connectivity index (χ1) is 10.6. The van der Waals surface area contributed by atoms with E-state index >= 15 is 0 Å². The number of amides is 2. The molecule has 1 N–H and O–H groups in total. The van der Waals surface area contributed by atoms with Gasteiger partial charge in [0.05, 0.1) is 13.1 Å². The van der Waals surface area contributed by atoms with E-state index in [0.717, 1.165) is 18.4 Å². The summed E-state index contributed by atoms with van der Waals surface area (Å²) in [4.78, 5) is 27.7. The van der Waals surface area contributed by atoms with E-state index in [9.17, 15) is 9.59 Å². The van der Waals surface area contributed by atoms with E-state index in [1.54, 1.807) is 11.9 Å². The smallest absolute Gasteiger partial charge is 0.237 e. The van der Waals surface area contributed by atoms with Crippen molar-refractivity contribution in [3.63, 3.8) is 0 Å². The van der Waals surface area contributed by atoms with Gasteiger partial charge in [-0.3, -0.25) is 14.5 Å². The number of hydrogen-bond donors (Lipinski definition) is 1. The fourth-order valence-electron chi connectivity index (χ4n) is 2.31. The van der Waals surface area contributed by atoms with Gasteiger partial charge in [-0.25, -0.2) is 0 Å². The largest absolute Gasteiger partial charge is 0.352 e. The molecule has 0 saturated heterocycles.